The van der Waals surface area contributed by atoms with E-state index in [1.807, 2.05) is 12.1 Å². The van der Waals surface area contributed by atoms with Crippen molar-refractivity contribution in [3.05, 3.63) is 29.8 Å². The van der Waals surface area contributed by atoms with Crippen LogP contribution in [0.5, 0.6) is 0 Å². The van der Waals surface area contributed by atoms with Gasteiger partial charge in [-0.05, 0) is 29.5 Å². The van der Waals surface area contributed by atoms with E-state index >= 15 is 0 Å². The van der Waals surface area contributed by atoms with Gasteiger partial charge >= 0.3 is 0 Å². The Kier molecular flexibility index (Phi) is 6.99. The second-order valence-corrected chi connectivity index (χ2v) is 7.93. The minimum atomic E-state index is 0.0335. The molecule has 0 radical (unpaired) electrons. The lowest BCUT2D eigenvalue weighted by Crippen LogP contribution is -2.52. The van der Waals surface area contributed by atoms with E-state index in [2.05, 4.69) is 54.9 Å². The van der Waals surface area contributed by atoms with Crippen LogP contribution in [0.1, 0.15) is 39.7 Å². The molecular formula is C20H33N3O2. The number of hydrogen-bond donors (Lipinski definition) is 2. The topological polar surface area (TPSA) is 55.8 Å². The molecule has 0 aromatic heterocycles. The fourth-order valence-corrected chi connectivity index (χ4v) is 3.25. The predicted octanol–water partition coefficient (Wildman–Crippen LogP) is 2.31. The number of anilines is 1. The molecule has 1 heterocycles. The molecule has 1 aliphatic heterocycles. The van der Waals surface area contributed by atoms with Gasteiger partial charge in [-0.3, -0.25) is 14.6 Å². The molecule has 1 amide bonds. The van der Waals surface area contributed by atoms with E-state index in [1.54, 1.807) is 0 Å². The zero-order chi connectivity index (χ0) is 18.4. The predicted molar refractivity (Wildman–Crippen MR) is 103 cm³/mol. The molecule has 5 heteroatoms. The number of nitrogens with zero attached hydrogens (tertiary/aromatic N) is 2. The Labute approximate surface area is 152 Å². The molecule has 0 spiro atoms. The minimum Gasteiger partial charge on any atom is -0.395 e. The quantitative estimate of drug-likeness (QED) is 0.829. The fourth-order valence-electron chi connectivity index (χ4n) is 3.25. The molecule has 1 aromatic carbocycles. The Hall–Kier alpha value is -1.43. The van der Waals surface area contributed by atoms with Crippen molar-refractivity contribution in [2.24, 2.45) is 0 Å². The summed E-state index contributed by atoms with van der Waals surface area (Å²) in [5, 5.41) is 12.4. The molecule has 140 valence electrons. The zero-order valence-corrected chi connectivity index (χ0v) is 16.1. The summed E-state index contributed by atoms with van der Waals surface area (Å²) in [5.41, 5.74) is 2.23. The Bertz CT molecular complexity index is 539. The number of carbonyl (C=O) groups excluding carboxylic acids is 1. The summed E-state index contributed by atoms with van der Waals surface area (Å²) in [5.74, 6) is 0.0335. The molecule has 1 fully saturated rings. The van der Waals surface area contributed by atoms with Gasteiger partial charge in [-0.25, -0.2) is 0 Å². The molecule has 0 aliphatic carbocycles. The van der Waals surface area contributed by atoms with Gasteiger partial charge in [0.2, 0.25) is 5.91 Å². The van der Waals surface area contributed by atoms with Crippen molar-refractivity contribution in [2.45, 2.75) is 45.6 Å². The Morgan fingerprint density at radius 2 is 1.76 bits per heavy atom. The number of piperazine rings is 1. The highest BCUT2D eigenvalue weighted by atomic mass is 16.3. The third-order valence-electron chi connectivity index (χ3n) is 5.01. The maximum absolute atomic E-state index is 12.3. The van der Waals surface area contributed by atoms with Gasteiger partial charge in [-0.1, -0.05) is 39.8 Å². The van der Waals surface area contributed by atoms with Crippen LogP contribution in [0.25, 0.3) is 0 Å². The molecule has 1 unspecified atom stereocenters. The summed E-state index contributed by atoms with van der Waals surface area (Å²) in [6, 6.07) is 8.35. The number of carbonyl (C=O) groups is 1. The Morgan fingerprint density at radius 1 is 1.16 bits per heavy atom. The lowest BCUT2D eigenvalue weighted by atomic mass is 9.87. The van der Waals surface area contributed by atoms with E-state index in [4.69, 9.17) is 0 Å². The van der Waals surface area contributed by atoms with Gasteiger partial charge in [0.1, 0.15) is 0 Å². The summed E-state index contributed by atoms with van der Waals surface area (Å²) >= 11 is 0. The van der Waals surface area contributed by atoms with Crippen molar-refractivity contribution in [2.75, 3.05) is 44.6 Å². The minimum absolute atomic E-state index is 0.0335. The Balaban J connectivity index is 1.79. The average Bonchev–Trinajstić information content (AvgIpc) is 2.57. The van der Waals surface area contributed by atoms with Gasteiger partial charge in [-0.15, -0.1) is 0 Å². The first-order valence-corrected chi connectivity index (χ1v) is 9.31. The molecule has 1 aliphatic rings. The van der Waals surface area contributed by atoms with Gasteiger partial charge in [0.05, 0.1) is 13.2 Å². The highest BCUT2D eigenvalue weighted by Crippen LogP contribution is 2.23. The molecule has 0 saturated carbocycles. The number of aliphatic hydroxyl groups excluding tert-OH is 1. The van der Waals surface area contributed by atoms with E-state index < -0.39 is 0 Å². The highest BCUT2D eigenvalue weighted by Gasteiger charge is 2.23. The first kappa shape index (κ1) is 19.9. The number of benzene rings is 1. The third kappa shape index (κ3) is 5.80. The van der Waals surface area contributed by atoms with E-state index in [0.29, 0.717) is 6.54 Å². The number of amides is 1. The Morgan fingerprint density at radius 3 is 2.24 bits per heavy atom. The summed E-state index contributed by atoms with van der Waals surface area (Å²) in [4.78, 5) is 16.8. The average molecular weight is 348 g/mol. The number of hydrogen-bond acceptors (Lipinski definition) is 4. The van der Waals surface area contributed by atoms with Crippen LogP contribution in [-0.4, -0.2) is 66.2 Å². The fraction of sp³-hybridized carbons (Fsp3) is 0.650. The van der Waals surface area contributed by atoms with Crippen LogP contribution in [0.3, 0.4) is 0 Å². The van der Waals surface area contributed by atoms with Crippen LogP contribution in [0.2, 0.25) is 0 Å². The standard InChI is InChI=1S/C20H33N3O2/c1-5-18(15-24)23-12-10-22(11-13-23)14-19(25)21-17-8-6-16(7-9-17)20(2,3)4/h6-9,18,24H,5,10-15H2,1-4H3,(H,21,25). The van der Waals surface area contributed by atoms with E-state index in [0.717, 1.165) is 38.3 Å². The largest absolute Gasteiger partial charge is 0.395 e. The number of rotatable bonds is 6. The van der Waals surface area contributed by atoms with Gasteiger partial charge in [0, 0.05) is 37.9 Å². The maximum Gasteiger partial charge on any atom is 0.238 e. The third-order valence-corrected chi connectivity index (χ3v) is 5.01. The highest BCUT2D eigenvalue weighted by molar-refractivity contribution is 5.92. The second-order valence-electron chi connectivity index (χ2n) is 7.93. The molecule has 2 N–H and O–H groups in total. The monoisotopic (exact) mass is 347 g/mol. The van der Waals surface area contributed by atoms with E-state index in [1.165, 1.54) is 5.56 Å². The summed E-state index contributed by atoms with van der Waals surface area (Å²) in [6.45, 7) is 12.8. The molecule has 25 heavy (non-hydrogen) atoms. The van der Waals surface area contributed by atoms with Crippen LogP contribution >= 0.6 is 0 Å². The molecule has 0 bridgehead atoms. The lowest BCUT2D eigenvalue weighted by molar-refractivity contribution is -0.117. The number of nitrogens with one attached hydrogen (secondary N) is 1. The van der Waals surface area contributed by atoms with Crippen molar-refractivity contribution >= 4 is 11.6 Å². The molecule has 5 nitrogen and oxygen atoms in total. The maximum atomic E-state index is 12.3. The molecule has 2 rings (SSSR count). The van der Waals surface area contributed by atoms with Crippen LogP contribution in [-0.2, 0) is 10.2 Å². The summed E-state index contributed by atoms with van der Waals surface area (Å²) in [7, 11) is 0. The zero-order valence-electron chi connectivity index (χ0n) is 16.1. The molecular weight excluding hydrogens is 314 g/mol. The molecule has 1 aromatic rings. The van der Waals surface area contributed by atoms with Gasteiger partial charge in [0.25, 0.3) is 0 Å². The van der Waals surface area contributed by atoms with Gasteiger partial charge in [0.15, 0.2) is 0 Å². The van der Waals surface area contributed by atoms with E-state index in [9.17, 15) is 9.90 Å². The van der Waals surface area contributed by atoms with Crippen LogP contribution < -0.4 is 5.32 Å². The smallest absolute Gasteiger partial charge is 0.238 e. The van der Waals surface area contributed by atoms with Crippen molar-refractivity contribution in [1.82, 2.24) is 9.80 Å². The SMILES string of the molecule is CCC(CO)N1CCN(CC(=O)Nc2ccc(C(C)(C)C)cc2)CC1. The second kappa shape index (κ2) is 8.79. The number of aliphatic hydroxyl groups is 1. The van der Waals surface area contributed by atoms with Crippen molar-refractivity contribution in [3.63, 3.8) is 0 Å². The normalized spacial score (nSPS) is 18.1. The van der Waals surface area contributed by atoms with E-state index in [-0.39, 0.29) is 24.0 Å². The first-order valence-electron chi connectivity index (χ1n) is 9.31. The molecule has 1 atom stereocenters. The van der Waals surface area contributed by atoms with Crippen molar-refractivity contribution in [1.29, 1.82) is 0 Å². The van der Waals surface area contributed by atoms with Crippen LogP contribution in [0.4, 0.5) is 5.69 Å². The summed E-state index contributed by atoms with van der Waals surface area (Å²) in [6.07, 6.45) is 0.960. The van der Waals surface area contributed by atoms with Crippen LogP contribution in [0, 0.1) is 0 Å². The van der Waals surface area contributed by atoms with Crippen LogP contribution in [0.15, 0.2) is 24.3 Å². The van der Waals surface area contributed by atoms with Gasteiger partial charge in [-0.2, -0.15) is 0 Å². The van der Waals surface area contributed by atoms with Crippen molar-refractivity contribution < 1.29 is 9.90 Å². The summed E-state index contributed by atoms with van der Waals surface area (Å²) < 4.78 is 0. The van der Waals surface area contributed by atoms with Gasteiger partial charge < -0.3 is 10.4 Å². The van der Waals surface area contributed by atoms with Crippen molar-refractivity contribution in [3.8, 4) is 0 Å². The molecule has 1 saturated heterocycles. The first-order chi connectivity index (χ1) is 11.8. The lowest BCUT2D eigenvalue weighted by Gasteiger charge is -2.38.